The van der Waals surface area contributed by atoms with Crippen molar-refractivity contribution < 1.29 is 19.5 Å². The van der Waals surface area contributed by atoms with Crippen molar-refractivity contribution in [1.29, 1.82) is 0 Å². The summed E-state index contributed by atoms with van der Waals surface area (Å²) in [4.78, 5) is 53.5. The smallest absolute Gasteiger partial charge is 0.272 e. The van der Waals surface area contributed by atoms with Crippen LogP contribution in [-0.4, -0.2) is 99.5 Å². The van der Waals surface area contributed by atoms with Gasteiger partial charge in [0.15, 0.2) is 5.82 Å². The lowest BCUT2D eigenvalue weighted by atomic mass is 9.82. The van der Waals surface area contributed by atoms with Crippen LogP contribution in [0, 0.1) is 5.92 Å². The van der Waals surface area contributed by atoms with Crippen LogP contribution in [0.15, 0.2) is 60.0 Å². The fourth-order valence-corrected chi connectivity index (χ4v) is 7.72. The molecule has 4 fully saturated rings. The van der Waals surface area contributed by atoms with Crippen LogP contribution in [0.5, 0.6) is 0 Å². The molecular weight excluding hydrogens is 699 g/mol. The van der Waals surface area contributed by atoms with Crippen LogP contribution in [-0.2, 0) is 15.2 Å². The second-order valence-electron chi connectivity index (χ2n) is 15.2. The number of aliphatic hydroxyl groups is 1. The highest BCUT2D eigenvalue weighted by Gasteiger charge is 2.44. The number of hydrogen-bond donors (Lipinski definition) is 6. The first kappa shape index (κ1) is 36.6. The van der Waals surface area contributed by atoms with Gasteiger partial charge in [-0.15, -0.1) is 0 Å². The average Bonchev–Trinajstić information content (AvgIpc) is 4.07. The number of nitrogens with one attached hydrogen (secondary N) is 3. The first-order chi connectivity index (χ1) is 26.4. The van der Waals surface area contributed by atoms with Crippen molar-refractivity contribution in [3.8, 4) is 11.1 Å². The number of likely N-dealkylation sites (tertiary alicyclic amines) is 2. The minimum Gasteiger partial charge on any atom is -0.393 e. The van der Waals surface area contributed by atoms with Gasteiger partial charge in [-0.1, -0.05) is 13.0 Å². The van der Waals surface area contributed by atoms with Crippen LogP contribution < -0.4 is 32.3 Å². The molecule has 2 atom stereocenters. The van der Waals surface area contributed by atoms with Crippen LogP contribution in [0.3, 0.4) is 0 Å². The van der Waals surface area contributed by atoms with Crippen LogP contribution in [0.25, 0.3) is 11.1 Å². The summed E-state index contributed by atoms with van der Waals surface area (Å²) in [6, 6.07) is 6.81. The molecule has 55 heavy (non-hydrogen) atoms. The van der Waals surface area contributed by atoms with E-state index < -0.39 is 11.5 Å². The molecule has 2 saturated carbocycles. The predicted molar refractivity (Wildman–Crippen MR) is 206 cm³/mol. The third-order valence-corrected chi connectivity index (χ3v) is 11.2. The summed E-state index contributed by atoms with van der Waals surface area (Å²) in [7, 11) is 8.51. The first-order valence-electron chi connectivity index (χ1n) is 19.1. The van der Waals surface area contributed by atoms with E-state index >= 15 is 0 Å². The molecule has 3 aromatic rings. The van der Waals surface area contributed by atoms with Crippen molar-refractivity contribution >= 4 is 37.1 Å². The van der Waals surface area contributed by atoms with Gasteiger partial charge in [-0.3, -0.25) is 24.0 Å². The SMILES string of the molecule is [B]C(O)(c1cccc(C(=O)N2CCCC2)n1)N1CC(n2ncc3c2C(CC)N(C)c2c-3ccnc2NC(/C=C(\N)NC(=O)C2CC2)=C(/N)C(=O)NC2CC2)C1. The normalized spacial score (nSPS) is 21.5. The Balaban J connectivity index is 1.05. The largest absolute Gasteiger partial charge is 0.393 e. The lowest BCUT2D eigenvalue weighted by Crippen LogP contribution is -2.59. The third kappa shape index (κ3) is 7.02. The van der Waals surface area contributed by atoms with Gasteiger partial charge in [0.25, 0.3) is 11.8 Å². The number of anilines is 2. The topological polar surface area (TPSA) is 213 Å². The van der Waals surface area contributed by atoms with E-state index in [-0.39, 0.29) is 64.5 Å². The summed E-state index contributed by atoms with van der Waals surface area (Å²) in [5, 5.41) is 25.3. The molecule has 2 saturated heterocycles. The van der Waals surface area contributed by atoms with Gasteiger partial charge in [0.2, 0.25) is 5.91 Å². The van der Waals surface area contributed by atoms with E-state index in [2.05, 4.69) is 37.7 Å². The molecule has 286 valence electrons. The van der Waals surface area contributed by atoms with Crippen molar-refractivity contribution in [1.82, 2.24) is 40.2 Å². The average molecular weight is 747 g/mol. The first-order valence-corrected chi connectivity index (χ1v) is 19.1. The van der Waals surface area contributed by atoms with Gasteiger partial charge >= 0.3 is 0 Å². The Kier molecular flexibility index (Phi) is 9.53. The molecule has 0 bridgehead atoms. The van der Waals surface area contributed by atoms with E-state index in [1.807, 2.05) is 24.0 Å². The van der Waals surface area contributed by atoms with Crippen LogP contribution in [0.2, 0.25) is 0 Å². The molecule has 16 nitrogen and oxygen atoms in total. The Hall–Kier alpha value is -5.42. The van der Waals surface area contributed by atoms with Gasteiger partial charge in [-0.25, -0.2) is 9.97 Å². The van der Waals surface area contributed by atoms with Crippen molar-refractivity contribution in [3.05, 3.63) is 77.0 Å². The zero-order chi connectivity index (χ0) is 38.6. The van der Waals surface area contributed by atoms with E-state index in [9.17, 15) is 19.5 Å². The van der Waals surface area contributed by atoms with Gasteiger partial charge in [-0.05, 0) is 63.1 Å². The minimum absolute atomic E-state index is 0.0598. The van der Waals surface area contributed by atoms with Gasteiger partial charge in [0.05, 0.1) is 41.1 Å². The number of allylic oxidation sites excluding steroid dienone is 1. The maximum absolute atomic E-state index is 13.1. The van der Waals surface area contributed by atoms with Gasteiger partial charge < -0.3 is 42.3 Å². The summed E-state index contributed by atoms with van der Waals surface area (Å²) in [6.45, 7) is 4.31. The molecule has 3 aliphatic heterocycles. The molecule has 2 radical (unpaired) electrons. The number of rotatable bonds is 12. The standard InChI is InChI=1S/C38H47BN12O4/c1-3-28-32-25(18-43-51(32)23-19-50(20-23)38(39,55)29-8-6-7-26(45-29)37(54)49-15-4-5-16-49)24-13-14-42-34(33(24)48(28)2)46-27(31(41)36(53)44-22-11-12-22)17-30(40)47-35(52)21-9-10-21/h6-8,13-14,17-18,21-23,28,55H,3-5,9-12,15-16,19-20,40-41H2,1-2H3,(H,42,46)(H,44,53)(H,47,52)/b30-17+,31-27+. The zero-order valence-corrected chi connectivity index (χ0v) is 31.2. The molecule has 0 spiro atoms. The molecule has 8 N–H and O–H groups in total. The molecule has 8 rings (SSSR count). The molecule has 2 unspecified atom stereocenters. The summed E-state index contributed by atoms with van der Waals surface area (Å²) in [5.74, 6) is -0.305. The maximum atomic E-state index is 13.1. The number of hydrogen-bond acceptors (Lipinski definition) is 12. The van der Waals surface area contributed by atoms with Gasteiger partial charge in [0.1, 0.15) is 30.7 Å². The summed E-state index contributed by atoms with van der Waals surface area (Å²) < 4.78 is 2.02. The lowest BCUT2D eigenvalue weighted by molar-refractivity contribution is -0.121. The molecule has 2 aliphatic carbocycles. The fraction of sp³-hybridized carbons (Fsp3) is 0.474. The van der Waals surface area contributed by atoms with E-state index in [4.69, 9.17) is 24.4 Å². The lowest BCUT2D eigenvalue weighted by Gasteiger charge is -2.49. The van der Waals surface area contributed by atoms with Gasteiger partial charge in [-0.2, -0.15) is 5.10 Å². The molecule has 5 aliphatic rings. The number of amides is 3. The Morgan fingerprint density at radius 1 is 1.07 bits per heavy atom. The van der Waals surface area contributed by atoms with Crippen LogP contribution in [0.1, 0.15) is 85.8 Å². The highest BCUT2D eigenvalue weighted by molar-refractivity contribution is 6.14. The minimum atomic E-state index is -1.88. The predicted octanol–water partition coefficient (Wildman–Crippen LogP) is 1.49. The number of carbonyl (C=O) groups is 3. The van der Waals surface area contributed by atoms with Crippen molar-refractivity contribution in [3.63, 3.8) is 0 Å². The Morgan fingerprint density at radius 3 is 2.51 bits per heavy atom. The van der Waals surface area contributed by atoms with E-state index in [1.165, 1.54) is 6.08 Å². The summed E-state index contributed by atoms with van der Waals surface area (Å²) in [5.41, 5.74) is 15.0. The van der Waals surface area contributed by atoms with Gasteiger partial charge in [0, 0.05) is 68.6 Å². The fourth-order valence-electron chi connectivity index (χ4n) is 7.72. The van der Waals surface area contributed by atoms with Crippen LogP contribution in [0.4, 0.5) is 11.5 Å². The van der Waals surface area contributed by atoms with Crippen LogP contribution >= 0.6 is 0 Å². The summed E-state index contributed by atoms with van der Waals surface area (Å²) in [6.07, 6.45) is 11.1. The number of nitrogens with two attached hydrogens (primary N) is 2. The third-order valence-electron chi connectivity index (χ3n) is 11.2. The maximum Gasteiger partial charge on any atom is 0.272 e. The Morgan fingerprint density at radius 2 is 1.82 bits per heavy atom. The highest BCUT2D eigenvalue weighted by Crippen LogP contribution is 2.49. The van der Waals surface area contributed by atoms with E-state index in [0.717, 1.165) is 67.5 Å². The number of carbonyl (C=O) groups excluding carboxylic acids is 3. The second-order valence-corrected chi connectivity index (χ2v) is 15.2. The molecule has 6 heterocycles. The van der Waals surface area contributed by atoms with E-state index in [1.54, 1.807) is 34.2 Å². The molecule has 0 aromatic carbocycles. The van der Waals surface area contributed by atoms with Crippen molar-refractivity contribution in [2.45, 2.75) is 75.6 Å². The Bertz CT molecular complexity index is 2080. The molecule has 17 heteroatoms. The second kappa shape index (κ2) is 14.3. The molecule has 3 aromatic heterocycles. The van der Waals surface area contributed by atoms with Crippen molar-refractivity contribution in [2.75, 3.05) is 43.4 Å². The van der Waals surface area contributed by atoms with Crippen molar-refractivity contribution in [2.24, 2.45) is 17.4 Å². The Labute approximate surface area is 320 Å². The molecular formula is C38H47BN12O4. The summed E-state index contributed by atoms with van der Waals surface area (Å²) >= 11 is 0. The highest BCUT2D eigenvalue weighted by atomic mass is 16.3. The zero-order valence-electron chi connectivity index (χ0n) is 31.2. The quantitative estimate of drug-likeness (QED) is 0.0885. The monoisotopic (exact) mass is 746 g/mol. The molecule has 3 amide bonds. The van der Waals surface area contributed by atoms with E-state index in [0.29, 0.717) is 32.0 Å². The number of nitrogens with zero attached hydrogens (tertiary/aromatic N) is 7. The number of fused-ring (bicyclic) bond motifs is 3. The number of pyridine rings is 2. The number of aromatic nitrogens is 4.